The van der Waals surface area contributed by atoms with Crippen LogP contribution in [0.4, 0.5) is 0 Å². The monoisotopic (exact) mass is 464 g/mol. The number of fused-ring (bicyclic) bond motifs is 2. The van der Waals surface area contributed by atoms with Crippen molar-refractivity contribution in [2.45, 2.75) is 18.6 Å². The van der Waals surface area contributed by atoms with Crippen molar-refractivity contribution in [1.29, 1.82) is 0 Å². The summed E-state index contributed by atoms with van der Waals surface area (Å²) < 4.78 is 2.16. The lowest BCUT2D eigenvalue weighted by atomic mass is 10.0. The topological polar surface area (TPSA) is 59.3 Å². The van der Waals surface area contributed by atoms with Gasteiger partial charge in [0.2, 0.25) is 0 Å². The number of hydrogen-bond donors (Lipinski definition) is 1. The summed E-state index contributed by atoms with van der Waals surface area (Å²) in [4.78, 5) is 17.4. The van der Waals surface area contributed by atoms with Gasteiger partial charge < -0.3 is 4.57 Å². The van der Waals surface area contributed by atoms with E-state index in [0.717, 1.165) is 38.2 Å². The molecular weight excluding hydrogens is 440 g/mol. The average Bonchev–Trinajstić information content (AvgIpc) is 3.23. The van der Waals surface area contributed by atoms with Crippen LogP contribution < -0.4 is 5.43 Å². The highest BCUT2D eigenvalue weighted by Gasteiger charge is 2.13. The van der Waals surface area contributed by atoms with Gasteiger partial charge in [-0.25, -0.2) is 10.4 Å². The zero-order chi connectivity index (χ0) is 23.3. The highest BCUT2D eigenvalue weighted by atomic mass is 32.2. The summed E-state index contributed by atoms with van der Waals surface area (Å²) in [6, 6.07) is 32.6. The highest BCUT2D eigenvalue weighted by Crippen LogP contribution is 2.25. The number of rotatable bonds is 7. The van der Waals surface area contributed by atoms with Gasteiger partial charge in [0, 0.05) is 5.56 Å². The summed E-state index contributed by atoms with van der Waals surface area (Å²) in [5.74, 6) is 0.0626. The number of amides is 1. The predicted octanol–water partition coefficient (Wildman–Crippen LogP) is 5.87. The lowest BCUT2D eigenvalue weighted by Gasteiger charge is -2.09. The first-order chi connectivity index (χ1) is 16.7. The number of imidazole rings is 1. The summed E-state index contributed by atoms with van der Waals surface area (Å²) in [6.45, 7) is 2.61. The molecule has 1 aromatic heterocycles. The molecule has 6 heteroatoms. The molecule has 0 unspecified atom stereocenters. The Morgan fingerprint density at radius 3 is 2.53 bits per heavy atom. The summed E-state index contributed by atoms with van der Waals surface area (Å²) in [6.07, 6.45) is 0. The van der Waals surface area contributed by atoms with Crippen molar-refractivity contribution in [1.82, 2.24) is 15.0 Å². The van der Waals surface area contributed by atoms with Crippen LogP contribution in [-0.2, 0) is 11.3 Å². The van der Waals surface area contributed by atoms with Crippen molar-refractivity contribution in [3.8, 4) is 0 Å². The first-order valence-electron chi connectivity index (χ1n) is 11.1. The number of carbonyl (C=O) groups is 1. The maximum atomic E-state index is 12.6. The number of nitrogens with one attached hydrogen (secondary N) is 1. The molecule has 1 heterocycles. The predicted molar refractivity (Wildman–Crippen MR) is 140 cm³/mol. The van der Waals surface area contributed by atoms with Crippen molar-refractivity contribution >= 4 is 45.2 Å². The fourth-order valence-electron chi connectivity index (χ4n) is 3.99. The normalized spacial score (nSPS) is 11.7. The third kappa shape index (κ3) is 4.72. The Morgan fingerprint density at radius 2 is 1.65 bits per heavy atom. The molecule has 5 rings (SSSR count). The number of aromatic nitrogens is 2. The van der Waals surface area contributed by atoms with Crippen LogP contribution in [0.2, 0.25) is 0 Å². The smallest absolute Gasteiger partial charge is 0.250 e. The highest BCUT2D eigenvalue weighted by molar-refractivity contribution is 7.99. The molecule has 0 atom stereocenters. The molecule has 0 bridgehead atoms. The second-order valence-electron chi connectivity index (χ2n) is 8.00. The molecule has 5 aromatic rings. The minimum atomic E-state index is -0.164. The van der Waals surface area contributed by atoms with Crippen molar-refractivity contribution in [3.63, 3.8) is 0 Å². The fraction of sp³-hybridized carbons (Fsp3) is 0.107. The van der Waals surface area contributed by atoms with Gasteiger partial charge in [0.1, 0.15) is 0 Å². The standard InChI is InChI=1S/C28H24N4OS/c1-20(23-15-9-13-22-12-5-6-14-24(22)23)30-31-27(33)19-34-28-29-25-16-7-8-17-26(25)32(28)18-21-10-3-2-4-11-21/h2-17H,18-19H2,1H3,(H,31,33)/b30-20+. The number of thioether (sulfide) groups is 1. The van der Waals surface area contributed by atoms with Gasteiger partial charge in [-0.15, -0.1) is 0 Å². The Hall–Kier alpha value is -3.90. The fourth-order valence-corrected chi connectivity index (χ4v) is 4.80. The maximum absolute atomic E-state index is 12.6. The van der Waals surface area contributed by atoms with Crippen molar-refractivity contribution in [2.24, 2.45) is 5.10 Å². The van der Waals surface area contributed by atoms with Crippen LogP contribution in [0.25, 0.3) is 21.8 Å². The Morgan fingerprint density at radius 1 is 0.912 bits per heavy atom. The van der Waals surface area contributed by atoms with Crippen LogP contribution in [0.5, 0.6) is 0 Å². The van der Waals surface area contributed by atoms with Gasteiger partial charge in [0.25, 0.3) is 5.91 Å². The first kappa shape index (κ1) is 21.9. The van der Waals surface area contributed by atoms with Gasteiger partial charge in [-0.3, -0.25) is 4.79 Å². The summed E-state index contributed by atoms with van der Waals surface area (Å²) in [7, 11) is 0. The van der Waals surface area contributed by atoms with Crippen LogP contribution in [0.3, 0.4) is 0 Å². The van der Waals surface area contributed by atoms with Gasteiger partial charge in [0.15, 0.2) is 5.16 Å². The van der Waals surface area contributed by atoms with E-state index < -0.39 is 0 Å². The van der Waals surface area contributed by atoms with Crippen LogP contribution in [0, 0.1) is 0 Å². The number of hydrogen-bond acceptors (Lipinski definition) is 4. The van der Waals surface area contributed by atoms with Crippen LogP contribution in [-0.4, -0.2) is 26.9 Å². The molecule has 0 saturated carbocycles. The zero-order valence-electron chi connectivity index (χ0n) is 18.8. The van der Waals surface area contributed by atoms with Gasteiger partial charge in [-0.1, -0.05) is 96.7 Å². The Kier molecular flexibility index (Phi) is 6.40. The molecule has 0 aliphatic rings. The SMILES string of the molecule is C/C(=N\NC(=O)CSc1nc2ccccc2n1Cc1ccccc1)c1cccc2ccccc12. The molecule has 4 aromatic carbocycles. The molecule has 34 heavy (non-hydrogen) atoms. The zero-order valence-corrected chi connectivity index (χ0v) is 19.6. The van der Waals surface area contributed by atoms with E-state index in [9.17, 15) is 4.79 Å². The number of para-hydroxylation sites is 2. The third-order valence-electron chi connectivity index (χ3n) is 5.66. The number of benzene rings is 4. The van der Waals surface area contributed by atoms with Gasteiger partial charge in [-0.05, 0) is 35.4 Å². The average molecular weight is 465 g/mol. The van der Waals surface area contributed by atoms with E-state index in [2.05, 4.69) is 51.5 Å². The van der Waals surface area contributed by atoms with E-state index in [1.165, 1.54) is 17.3 Å². The molecule has 0 aliphatic heterocycles. The van der Waals surface area contributed by atoms with Crippen LogP contribution >= 0.6 is 11.8 Å². The Balaban J connectivity index is 1.31. The quantitative estimate of drug-likeness (QED) is 0.186. The lowest BCUT2D eigenvalue weighted by molar-refractivity contribution is -0.118. The second-order valence-corrected chi connectivity index (χ2v) is 8.94. The molecule has 0 aliphatic carbocycles. The number of carbonyl (C=O) groups excluding carboxylic acids is 1. The first-order valence-corrected chi connectivity index (χ1v) is 12.1. The van der Waals surface area contributed by atoms with Crippen LogP contribution in [0.15, 0.2) is 107 Å². The second kappa shape index (κ2) is 9.93. The van der Waals surface area contributed by atoms with Gasteiger partial charge >= 0.3 is 0 Å². The summed E-state index contributed by atoms with van der Waals surface area (Å²) in [5, 5.41) is 7.44. The maximum Gasteiger partial charge on any atom is 0.250 e. The molecule has 0 spiro atoms. The van der Waals surface area contributed by atoms with E-state index in [0.29, 0.717) is 6.54 Å². The van der Waals surface area contributed by atoms with E-state index in [1.54, 1.807) is 0 Å². The molecule has 1 amide bonds. The van der Waals surface area contributed by atoms with Gasteiger partial charge in [0.05, 0.1) is 29.0 Å². The van der Waals surface area contributed by atoms with Crippen LogP contribution in [0.1, 0.15) is 18.1 Å². The van der Waals surface area contributed by atoms with E-state index in [-0.39, 0.29) is 11.7 Å². The molecular formula is C28H24N4OS. The van der Waals surface area contributed by atoms with Crippen molar-refractivity contribution in [2.75, 3.05) is 5.75 Å². The van der Waals surface area contributed by atoms with Crippen molar-refractivity contribution < 1.29 is 4.79 Å². The minimum Gasteiger partial charge on any atom is -0.314 e. The number of hydrazone groups is 1. The molecule has 0 saturated heterocycles. The number of nitrogens with zero attached hydrogens (tertiary/aromatic N) is 3. The molecule has 0 radical (unpaired) electrons. The lowest BCUT2D eigenvalue weighted by Crippen LogP contribution is -2.21. The van der Waals surface area contributed by atoms with E-state index >= 15 is 0 Å². The molecule has 5 nitrogen and oxygen atoms in total. The largest absolute Gasteiger partial charge is 0.314 e. The Labute approximate surface area is 202 Å². The van der Waals surface area contributed by atoms with E-state index in [1.807, 2.05) is 67.6 Å². The minimum absolute atomic E-state index is 0.164. The third-order valence-corrected chi connectivity index (χ3v) is 6.64. The van der Waals surface area contributed by atoms with Crippen molar-refractivity contribution in [3.05, 3.63) is 108 Å². The molecule has 0 fully saturated rings. The van der Waals surface area contributed by atoms with Gasteiger partial charge in [-0.2, -0.15) is 5.10 Å². The summed E-state index contributed by atoms with van der Waals surface area (Å²) >= 11 is 1.42. The molecule has 1 N–H and O–H groups in total. The molecule has 168 valence electrons. The van der Waals surface area contributed by atoms with E-state index in [4.69, 9.17) is 4.98 Å². The Bertz CT molecular complexity index is 1490. The summed E-state index contributed by atoms with van der Waals surface area (Å²) in [5.41, 5.74) is 7.65.